The minimum atomic E-state index is -0.612. The first-order chi connectivity index (χ1) is 10.2. The molecule has 1 unspecified atom stereocenters. The van der Waals surface area contributed by atoms with Crippen molar-refractivity contribution in [3.8, 4) is 11.4 Å². The van der Waals surface area contributed by atoms with Gasteiger partial charge in [0.2, 0.25) is 5.91 Å². The number of hydrogen-bond donors (Lipinski definition) is 2. The number of anilines is 1. The lowest BCUT2D eigenvalue weighted by Crippen LogP contribution is -2.36. The number of methoxy groups -OCH3 is 1. The zero-order valence-electron chi connectivity index (χ0n) is 11.8. The van der Waals surface area contributed by atoms with Crippen molar-refractivity contribution in [2.45, 2.75) is 12.5 Å². The number of ether oxygens (including phenoxy) is 1. The first-order valence-corrected chi connectivity index (χ1v) is 6.63. The van der Waals surface area contributed by atoms with Crippen LogP contribution in [0.3, 0.4) is 0 Å². The molecule has 0 aliphatic heterocycles. The van der Waals surface area contributed by atoms with E-state index < -0.39 is 6.04 Å². The maximum absolute atomic E-state index is 11.8. The Hall–Kier alpha value is -2.31. The molecule has 21 heavy (non-hydrogen) atoms. The van der Waals surface area contributed by atoms with E-state index in [4.69, 9.17) is 10.5 Å². The van der Waals surface area contributed by atoms with E-state index >= 15 is 0 Å². The van der Waals surface area contributed by atoms with E-state index in [1.165, 1.54) is 0 Å². The van der Waals surface area contributed by atoms with Gasteiger partial charge in [-0.3, -0.25) is 4.79 Å². The number of rotatable bonds is 6. The van der Waals surface area contributed by atoms with Crippen LogP contribution in [0.25, 0.3) is 11.4 Å². The van der Waals surface area contributed by atoms with Crippen molar-refractivity contribution in [2.75, 3.05) is 19.0 Å². The molecule has 1 aromatic heterocycles. The van der Waals surface area contributed by atoms with E-state index in [2.05, 4.69) is 15.3 Å². The fourth-order valence-electron chi connectivity index (χ4n) is 1.74. The molecule has 3 N–H and O–H groups in total. The molecule has 0 aliphatic rings. The second-order valence-electron chi connectivity index (χ2n) is 4.54. The van der Waals surface area contributed by atoms with Crippen LogP contribution in [0.1, 0.15) is 6.42 Å². The van der Waals surface area contributed by atoms with Crippen LogP contribution in [0.5, 0.6) is 0 Å². The summed E-state index contributed by atoms with van der Waals surface area (Å²) in [6, 6.07) is 9.01. The van der Waals surface area contributed by atoms with Crippen LogP contribution in [0.4, 0.5) is 5.69 Å². The van der Waals surface area contributed by atoms with Gasteiger partial charge in [0.05, 0.1) is 24.1 Å². The van der Waals surface area contributed by atoms with Gasteiger partial charge < -0.3 is 15.8 Å². The van der Waals surface area contributed by atoms with Crippen LogP contribution in [-0.4, -0.2) is 35.6 Å². The summed E-state index contributed by atoms with van der Waals surface area (Å²) < 4.78 is 4.89. The van der Waals surface area contributed by atoms with Crippen molar-refractivity contribution in [1.82, 2.24) is 9.97 Å². The quantitative estimate of drug-likeness (QED) is 0.838. The van der Waals surface area contributed by atoms with Crippen LogP contribution in [0.15, 0.2) is 42.7 Å². The average molecular weight is 286 g/mol. The topological polar surface area (TPSA) is 90.1 Å². The predicted molar refractivity (Wildman–Crippen MR) is 80.6 cm³/mol. The number of hydrogen-bond acceptors (Lipinski definition) is 5. The van der Waals surface area contributed by atoms with Crippen molar-refractivity contribution in [3.63, 3.8) is 0 Å². The van der Waals surface area contributed by atoms with Gasteiger partial charge in [0.25, 0.3) is 0 Å². The molecule has 0 saturated carbocycles. The summed E-state index contributed by atoms with van der Waals surface area (Å²) in [5, 5.41) is 2.68. The zero-order valence-corrected chi connectivity index (χ0v) is 11.8. The molecule has 1 amide bonds. The molecule has 1 heterocycles. The molecule has 1 atom stereocenters. The highest BCUT2D eigenvalue weighted by molar-refractivity contribution is 5.94. The lowest BCUT2D eigenvalue weighted by molar-refractivity contribution is -0.117. The summed E-state index contributed by atoms with van der Waals surface area (Å²) in [6.45, 7) is 0.442. The summed E-state index contributed by atoms with van der Waals surface area (Å²) in [4.78, 5) is 20.3. The third kappa shape index (κ3) is 4.34. The highest BCUT2D eigenvalue weighted by Gasteiger charge is 2.13. The SMILES string of the molecule is COCCC(N)C(=O)Nc1cnc(-c2ccccc2)nc1. The molecule has 110 valence electrons. The Balaban J connectivity index is 1.98. The maximum Gasteiger partial charge on any atom is 0.241 e. The molecule has 2 rings (SSSR count). The second-order valence-corrected chi connectivity index (χ2v) is 4.54. The second kappa shape index (κ2) is 7.47. The molecular formula is C15H18N4O2. The highest BCUT2D eigenvalue weighted by atomic mass is 16.5. The van der Waals surface area contributed by atoms with Gasteiger partial charge in [0, 0.05) is 19.3 Å². The van der Waals surface area contributed by atoms with Crippen molar-refractivity contribution < 1.29 is 9.53 Å². The molecule has 0 fully saturated rings. The Labute approximate surface area is 123 Å². The number of nitrogens with two attached hydrogens (primary N) is 1. The summed E-state index contributed by atoms with van der Waals surface area (Å²) in [6.07, 6.45) is 3.60. The van der Waals surface area contributed by atoms with Crippen LogP contribution < -0.4 is 11.1 Å². The van der Waals surface area contributed by atoms with Crippen LogP contribution >= 0.6 is 0 Å². The molecule has 2 aromatic rings. The molecule has 0 bridgehead atoms. The third-order valence-corrected chi connectivity index (χ3v) is 2.92. The Morgan fingerprint density at radius 2 is 1.95 bits per heavy atom. The first-order valence-electron chi connectivity index (χ1n) is 6.63. The molecule has 0 aliphatic carbocycles. The fourth-order valence-corrected chi connectivity index (χ4v) is 1.74. The van der Waals surface area contributed by atoms with E-state index in [0.29, 0.717) is 24.5 Å². The van der Waals surface area contributed by atoms with E-state index in [1.807, 2.05) is 30.3 Å². The third-order valence-electron chi connectivity index (χ3n) is 2.92. The maximum atomic E-state index is 11.8. The monoisotopic (exact) mass is 286 g/mol. The van der Waals surface area contributed by atoms with Crippen molar-refractivity contribution in [1.29, 1.82) is 0 Å². The molecule has 0 saturated heterocycles. The van der Waals surface area contributed by atoms with Gasteiger partial charge in [-0.25, -0.2) is 9.97 Å². The van der Waals surface area contributed by atoms with Crippen LogP contribution in [0, 0.1) is 0 Å². The van der Waals surface area contributed by atoms with E-state index in [1.54, 1.807) is 19.5 Å². The standard InChI is InChI=1S/C15H18N4O2/c1-21-8-7-13(16)15(20)19-12-9-17-14(18-10-12)11-5-3-2-4-6-11/h2-6,9-10,13H,7-8,16H2,1H3,(H,19,20). The molecule has 0 spiro atoms. The van der Waals surface area contributed by atoms with E-state index in [9.17, 15) is 4.79 Å². The lowest BCUT2D eigenvalue weighted by Gasteiger charge is -2.11. The summed E-state index contributed by atoms with van der Waals surface area (Å²) in [5.41, 5.74) is 7.18. The van der Waals surface area contributed by atoms with Gasteiger partial charge in [0.1, 0.15) is 0 Å². The number of aromatic nitrogens is 2. The number of nitrogens with one attached hydrogen (secondary N) is 1. The number of carbonyl (C=O) groups excluding carboxylic acids is 1. The van der Waals surface area contributed by atoms with Crippen LogP contribution in [-0.2, 0) is 9.53 Å². The summed E-state index contributed by atoms with van der Waals surface area (Å²) in [5.74, 6) is 0.334. The number of carbonyl (C=O) groups is 1. The molecule has 1 aromatic carbocycles. The largest absolute Gasteiger partial charge is 0.385 e. The Morgan fingerprint density at radius 1 is 1.29 bits per heavy atom. The predicted octanol–water partition coefficient (Wildman–Crippen LogP) is 1.45. The van der Waals surface area contributed by atoms with Gasteiger partial charge in [-0.05, 0) is 6.42 Å². The van der Waals surface area contributed by atoms with Gasteiger partial charge in [-0.2, -0.15) is 0 Å². The smallest absolute Gasteiger partial charge is 0.241 e. The Kier molecular flexibility index (Phi) is 5.36. The number of amides is 1. The minimum absolute atomic E-state index is 0.275. The first kappa shape index (κ1) is 15.1. The highest BCUT2D eigenvalue weighted by Crippen LogP contribution is 2.14. The zero-order chi connectivity index (χ0) is 15.1. The van der Waals surface area contributed by atoms with Gasteiger partial charge in [0.15, 0.2) is 5.82 Å². The Morgan fingerprint density at radius 3 is 2.57 bits per heavy atom. The van der Waals surface area contributed by atoms with Gasteiger partial charge in [-0.15, -0.1) is 0 Å². The normalized spacial score (nSPS) is 11.9. The van der Waals surface area contributed by atoms with Crippen molar-refractivity contribution in [2.24, 2.45) is 5.73 Å². The molecule has 6 heteroatoms. The Bertz CT molecular complexity index is 572. The van der Waals surface area contributed by atoms with Gasteiger partial charge in [-0.1, -0.05) is 30.3 Å². The lowest BCUT2D eigenvalue weighted by atomic mass is 10.2. The van der Waals surface area contributed by atoms with Gasteiger partial charge >= 0.3 is 0 Å². The van der Waals surface area contributed by atoms with Crippen molar-refractivity contribution in [3.05, 3.63) is 42.7 Å². The fraction of sp³-hybridized carbons (Fsp3) is 0.267. The average Bonchev–Trinajstić information content (AvgIpc) is 2.54. The number of benzene rings is 1. The summed E-state index contributed by atoms with van der Waals surface area (Å²) >= 11 is 0. The molecular weight excluding hydrogens is 268 g/mol. The van der Waals surface area contributed by atoms with Crippen molar-refractivity contribution >= 4 is 11.6 Å². The van der Waals surface area contributed by atoms with E-state index in [0.717, 1.165) is 5.56 Å². The summed E-state index contributed by atoms with van der Waals surface area (Å²) in [7, 11) is 1.57. The van der Waals surface area contributed by atoms with E-state index in [-0.39, 0.29) is 5.91 Å². The molecule has 6 nitrogen and oxygen atoms in total. The molecule has 0 radical (unpaired) electrons. The number of nitrogens with zero attached hydrogens (tertiary/aromatic N) is 2. The minimum Gasteiger partial charge on any atom is -0.385 e. The van der Waals surface area contributed by atoms with Crippen LogP contribution in [0.2, 0.25) is 0 Å².